The van der Waals surface area contributed by atoms with E-state index in [0.717, 1.165) is 51.6 Å². The van der Waals surface area contributed by atoms with Crippen molar-refractivity contribution in [3.8, 4) is 0 Å². The van der Waals surface area contributed by atoms with E-state index in [1.807, 2.05) is 0 Å². The second kappa shape index (κ2) is 25.8. The first-order valence-corrected chi connectivity index (χ1v) is 17.1. The molecule has 0 saturated carbocycles. The Kier molecular flexibility index (Phi) is 23.8. The highest BCUT2D eigenvalue weighted by Gasteiger charge is 2.25. The van der Waals surface area contributed by atoms with Crippen molar-refractivity contribution in [1.29, 1.82) is 0 Å². The third-order valence-electron chi connectivity index (χ3n) is 8.48. The van der Waals surface area contributed by atoms with Crippen LogP contribution in [0, 0.1) is 11.8 Å². The van der Waals surface area contributed by atoms with Crippen molar-refractivity contribution in [2.24, 2.45) is 11.8 Å². The van der Waals surface area contributed by atoms with Gasteiger partial charge in [-0.05, 0) is 64.6 Å². The topological polar surface area (TPSA) is 55.8 Å². The lowest BCUT2D eigenvalue weighted by Gasteiger charge is -2.28. The second-order valence-corrected chi connectivity index (χ2v) is 12.3. The monoisotopic (exact) mass is 551 g/mol. The van der Waals surface area contributed by atoms with E-state index in [1.165, 1.54) is 103 Å². The minimum atomic E-state index is -0.0231. The van der Waals surface area contributed by atoms with Crippen LogP contribution in [0.25, 0.3) is 0 Å². The van der Waals surface area contributed by atoms with E-state index in [-0.39, 0.29) is 17.9 Å². The van der Waals surface area contributed by atoms with Crippen molar-refractivity contribution in [2.45, 2.75) is 162 Å². The first-order valence-electron chi connectivity index (χ1n) is 17.1. The lowest BCUT2D eigenvalue weighted by molar-refractivity contribution is -0.151. The van der Waals surface area contributed by atoms with Gasteiger partial charge in [0.25, 0.3) is 0 Å². The summed E-state index contributed by atoms with van der Waals surface area (Å²) in [6.07, 6.45) is 27.1. The normalized spacial score (nSPS) is 15.4. The molecule has 39 heavy (non-hydrogen) atoms. The second-order valence-electron chi connectivity index (χ2n) is 12.3. The van der Waals surface area contributed by atoms with Gasteiger partial charge in [-0.25, -0.2) is 0 Å². The molecule has 0 N–H and O–H groups in total. The number of piperidine rings is 1. The van der Waals surface area contributed by atoms with Crippen LogP contribution in [0.2, 0.25) is 0 Å². The minimum absolute atomic E-state index is 0.0231. The number of carbonyl (C=O) groups excluding carboxylic acids is 2. The molecule has 0 amide bonds. The Morgan fingerprint density at radius 3 is 1.72 bits per heavy atom. The van der Waals surface area contributed by atoms with E-state index in [1.54, 1.807) is 0 Å². The molecule has 1 fully saturated rings. The molecule has 5 heteroatoms. The van der Waals surface area contributed by atoms with Crippen molar-refractivity contribution in [3.63, 3.8) is 0 Å². The van der Waals surface area contributed by atoms with Crippen LogP contribution in [-0.2, 0) is 19.1 Å². The zero-order valence-electron chi connectivity index (χ0n) is 26.3. The SMILES string of the molecule is CCCCCCCCCCC(CCCCCCCCC(=O)OCCCCCC)COC(=O)C1CCN(C)CC1. The van der Waals surface area contributed by atoms with Gasteiger partial charge in [-0.15, -0.1) is 0 Å². The fourth-order valence-corrected chi connectivity index (χ4v) is 5.64. The lowest BCUT2D eigenvalue weighted by Crippen LogP contribution is -2.34. The molecule has 0 aromatic heterocycles. The van der Waals surface area contributed by atoms with Gasteiger partial charge in [0.15, 0.2) is 0 Å². The zero-order chi connectivity index (χ0) is 28.4. The van der Waals surface area contributed by atoms with E-state index in [4.69, 9.17) is 9.47 Å². The van der Waals surface area contributed by atoms with Crippen LogP contribution < -0.4 is 0 Å². The standard InChI is InChI=1S/C34H65NO4/c1-4-6-8-10-11-12-15-18-22-31(30-39-34(37)32-25-27-35(3)28-26-32)23-19-16-13-14-17-20-24-33(36)38-29-21-9-7-5-2/h31-32H,4-30H2,1-3H3. The van der Waals surface area contributed by atoms with Crippen molar-refractivity contribution >= 4 is 11.9 Å². The number of hydrogen-bond donors (Lipinski definition) is 0. The van der Waals surface area contributed by atoms with E-state index in [9.17, 15) is 9.59 Å². The summed E-state index contributed by atoms with van der Waals surface area (Å²) < 4.78 is 11.2. The van der Waals surface area contributed by atoms with Crippen LogP contribution in [0.3, 0.4) is 0 Å². The largest absolute Gasteiger partial charge is 0.466 e. The van der Waals surface area contributed by atoms with Crippen molar-refractivity contribution in [1.82, 2.24) is 4.90 Å². The number of unbranched alkanes of at least 4 members (excludes halogenated alkanes) is 15. The Balaban J connectivity index is 2.18. The Morgan fingerprint density at radius 2 is 1.15 bits per heavy atom. The summed E-state index contributed by atoms with van der Waals surface area (Å²) in [5.74, 6) is 0.629. The maximum Gasteiger partial charge on any atom is 0.309 e. The molecule has 5 nitrogen and oxygen atoms in total. The molecule has 1 unspecified atom stereocenters. The van der Waals surface area contributed by atoms with Gasteiger partial charge >= 0.3 is 11.9 Å². The number of carbonyl (C=O) groups is 2. The molecule has 0 bridgehead atoms. The molecule has 230 valence electrons. The van der Waals surface area contributed by atoms with Crippen molar-refractivity contribution in [2.75, 3.05) is 33.4 Å². The molecular weight excluding hydrogens is 486 g/mol. The number of esters is 2. The van der Waals surface area contributed by atoms with E-state index in [2.05, 4.69) is 25.8 Å². The quantitative estimate of drug-likeness (QED) is 0.0792. The first-order chi connectivity index (χ1) is 19.1. The van der Waals surface area contributed by atoms with Gasteiger partial charge in [-0.3, -0.25) is 9.59 Å². The minimum Gasteiger partial charge on any atom is -0.466 e. The highest BCUT2D eigenvalue weighted by molar-refractivity contribution is 5.72. The predicted octanol–water partition coefficient (Wildman–Crippen LogP) is 9.26. The van der Waals surface area contributed by atoms with Crippen LogP contribution in [0.4, 0.5) is 0 Å². The number of rotatable bonds is 26. The summed E-state index contributed by atoms with van der Waals surface area (Å²) in [6, 6.07) is 0. The highest BCUT2D eigenvalue weighted by atomic mass is 16.5. The van der Waals surface area contributed by atoms with Crippen LogP contribution >= 0.6 is 0 Å². The van der Waals surface area contributed by atoms with Crippen LogP contribution in [0.5, 0.6) is 0 Å². The zero-order valence-corrected chi connectivity index (χ0v) is 26.3. The molecule has 1 atom stereocenters. The molecule has 1 heterocycles. The maximum absolute atomic E-state index is 12.7. The van der Waals surface area contributed by atoms with Gasteiger partial charge < -0.3 is 14.4 Å². The highest BCUT2D eigenvalue weighted by Crippen LogP contribution is 2.22. The van der Waals surface area contributed by atoms with Gasteiger partial charge in [0, 0.05) is 6.42 Å². The molecule has 0 radical (unpaired) electrons. The smallest absolute Gasteiger partial charge is 0.309 e. The summed E-state index contributed by atoms with van der Waals surface area (Å²) in [7, 11) is 2.13. The lowest BCUT2D eigenvalue weighted by atomic mass is 9.94. The Morgan fingerprint density at radius 1 is 0.667 bits per heavy atom. The average Bonchev–Trinajstić information content (AvgIpc) is 2.94. The number of nitrogens with zero attached hydrogens (tertiary/aromatic N) is 1. The summed E-state index contributed by atoms with van der Waals surface area (Å²) in [4.78, 5) is 26.8. The third kappa shape index (κ3) is 21.3. The number of likely N-dealkylation sites (tertiary alicyclic amines) is 1. The van der Waals surface area contributed by atoms with Gasteiger partial charge in [0.05, 0.1) is 19.1 Å². The van der Waals surface area contributed by atoms with Crippen LogP contribution in [0.15, 0.2) is 0 Å². The summed E-state index contributed by atoms with van der Waals surface area (Å²) >= 11 is 0. The molecule has 0 spiro atoms. The van der Waals surface area contributed by atoms with E-state index >= 15 is 0 Å². The predicted molar refractivity (Wildman–Crippen MR) is 164 cm³/mol. The molecule has 0 aromatic rings. The summed E-state index contributed by atoms with van der Waals surface area (Å²) in [6.45, 7) is 7.67. The van der Waals surface area contributed by atoms with E-state index in [0.29, 0.717) is 25.6 Å². The fraction of sp³-hybridized carbons (Fsp3) is 0.941. The van der Waals surface area contributed by atoms with Crippen LogP contribution in [-0.4, -0.2) is 50.2 Å². The molecule has 1 saturated heterocycles. The van der Waals surface area contributed by atoms with Crippen LogP contribution in [0.1, 0.15) is 162 Å². The summed E-state index contributed by atoms with van der Waals surface area (Å²) in [5.41, 5.74) is 0. The van der Waals surface area contributed by atoms with Gasteiger partial charge in [0.1, 0.15) is 0 Å². The van der Waals surface area contributed by atoms with Gasteiger partial charge in [-0.2, -0.15) is 0 Å². The number of hydrogen-bond acceptors (Lipinski definition) is 5. The summed E-state index contributed by atoms with van der Waals surface area (Å²) in [5, 5.41) is 0. The number of ether oxygens (including phenoxy) is 2. The Hall–Kier alpha value is -1.10. The van der Waals surface area contributed by atoms with E-state index < -0.39 is 0 Å². The molecule has 1 aliphatic rings. The average molecular weight is 552 g/mol. The molecule has 1 aliphatic heterocycles. The van der Waals surface area contributed by atoms with Gasteiger partial charge in [0.2, 0.25) is 0 Å². The molecular formula is C34H65NO4. The van der Waals surface area contributed by atoms with Crippen molar-refractivity contribution in [3.05, 3.63) is 0 Å². The van der Waals surface area contributed by atoms with Gasteiger partial charge in [-0.1, -0.05) is 117 Å². The fourth-order valence-electron chi connectivity index (χ4n) is 5.64. The molecule has 1 rings (SSSR count). The molecule has 0 aliphatic carbocycles. The van der Waals surface area contributed by atoms with Crippen molar-refractivity contribution < 1.29 is 19.1 Å². The molecule has 0 aromatic carbocycles. The third-order valence-corrected chi connectivity index (χ3v) is 8.48. The Bertz CT molecular complexity index is 574. The first kappa shape index (κ1) is 35.9. The Labute approximate surface area is 242 Å². The maximum atomic E-state index is 12.7.